The molecule has 0 aliphatic heterocycles. The van der Waals surface area contributed by atoms with Crippen molar-refractivity contribution in [1.29, 1.82) is 0 Å². The van der Waals surface area contributed by atoms with Crippen molar-refractivity contribution < 1.29 is 23.9 Å². The molecule has 0 saturated heterocycles. The summed E-state index contributed by atoms with van der Waals surface area (Å²) in [6.45, 7) is 1.86. The van der Waals surface area contributed by atoms with Crippen molar-refractivity contribution in [2.24, 2.45) is 0 Å². The molecule has 1 aromatic carbocycles. The summed E-state index contributed by atoms with van der Waals surface area (Å²) < 4.78 is 11.2. The Labute approximate surface area is 151 Å². The number of aromatic nitrogens is 2. The average molecular weight is 359 g/mol. The van der Waals surface area contributed by atoms with Gasteiger partial charge < -0.3 is 14.8 Å². The molecule has 1 N–H and O–H groups in total. The van der Waals surface area contributed by atoms with Gasteiger partial charge in [0.15, 0.2) is 6.61 Å². The van der Waals surface area contributed by atoms with Crippen LogP contribution in [-0.4, -0.2) is 47.9 Å². The van der Waals surface area contributed by atoms with Crippen LogP contribution < -0.4 is 5.32 Å². The van der Waals surface area contributed by atoms with E-state index in [4.69, 9.17) is 4.74 Å². The lowest BCUT2D eigenvalue weighted by Gasteiger charge is -2.08. The van der Waals surface area contributed by atoms with Gasteiger partial charge in [-0.15, -0.1) is 0 Å². The lowest BCUT2D eigenvalue weighted by Crippen LogP contribution is -2.29. The van der Waals surface area contributed by atoms with Gasteiger partial charge in [0, 0.05) is 24.9 Å². The van der Waals surface area contributed by atoms with E-state index in [2.05, 4.69) is 15.2 Å². The molecule has 2 rings (SSSR count). The second-order valence-electron chi connectivity index (χ2n) is 5.54. The molecule has 0 atom stereocenters. The van der Waals surface area contributed by atoms with Gasteiger partial charge in [0.2, 0.25) is 0 Å². The molecule has 0 aliphatic rings. The number of ether oxygens (including phenoxy) is 2. The number of esters is 2. The van der Waals surface area contributed by atoms with Crippen LogP contribution in [0, 0.1) is 6.92 Å². The average Bonchev–Trinajstić information content (AvgIpc) is 3.09. The monoisotopic (exact) mass is 359 g/mol. The molecule has 0 bridgehead atoms. The predicted molar refractivity (Wildman–Crippen MR) is 92.8 cm³/mol. The standard InChI is InChI=1S/C18H21N3O5/c1-13-9-11-20-21(13)15-7-5-14(6-8-15)18(24)26-12-16(22)19-10-3-4-17(23)25-2/h5-9,11H,3-4,10,12H2,1-2H3,(H,19,22). The maximum atomic E-state index is 12.0. The Bertz CT molecular complexity index is 767. The van der Waals surface area contributed by atoms with Crippen molar-refractivity contribution in [1.82, 2.24) is 15.1 Å². The van der Waals surface area contributed by atoms with Crippen LogP contribution in [0.5, 0.6) is 0 Å². The van der Waals surface area contributed by atoms with Gasteiger partial charge >= 0.3 is 11.9 Å². The molecule has 2 aromatic rings. The smallest absolute Gasteiger partial charge is 0.338 e. The molecule has 0 radical (unpaired) electrons. The number of rotatable bonds is 8. The molecule has 0 saturated carbocycles. The summed E-state index contributed by atoms with van der Waals surface area (Å²) in [4.78, 5) is 34.5. The van der Waals surface area contributed by atoms with E-state index in [-0.39, 0.29) is 19.0 Å². The van der Waals surface area contributed by atoms with E-state index < -0.39 is 11.9 Å². The second kappa shape index (κ2) is 9.36. The SMILES string of the molecule is COC(=O)CCCNC(=O)COC(=O)c1ccc(-n2nccc2C)cc1. The van der Waals surface area contributed by atoms with Gasteiger partial charge in [-0.2, -0.15) is 5.10 Å². The molecule has 8 heteroatoms. The Morgan fingerprint density at radius 3 is 2.50 bits per heavy atom. The van der Waals surface area contributed by atoms with Crippen LogP contribution in [0.1, 0.15) is 28.9 Å². The fourth-order valence-corrected chi connectivity index (χ4v) is 2.21. The zero-order valence-electron chi connectivity index (χ0n) is 14.7. The normalized spacial score (nSPS) is 10.2. The first kappa shape index (κ1) is 19.2. The lowest BCUT2D eigenvalue weighted by atomic mass is 10.2. The summed E-state index contributed by atoms with van der Waals surface area (Å²) in [6, 6.07) is 8.62. The van der Waals surface area contributed by atoms with E-state index in [1.54, 1.807) is 35.1 Å². The van der Waals surface area contributed by atoms with E-state index in [1.807, 2.05) is 13.0 Å². The first-order chi connectivity index (χ1) is 12.5. The van der Waals surface area contributed by atoms with Crippen LogP contribution in [0.2, 0.25) is 0 Å². The highest BCUT2D eigenvalue weighted by Gasteiger charge is 2.11. The Morgan fingerprint density at radius 1 is 1.15 bits per heavy atom. The second-order valence-corrected chi connectivity index (χ2v) is 5.54. The summed E-state index contributed by atoms with van der Waals surface area (Å²) in [6.07, 6.45) is 2.38. The van der Waals surface area contributed by atoms with E-state index in [9.17, 15) is 14.4 Å². The maximum Gasteiger partial charge on any atom is 0.338 e. The molecule has 1 amide bonds. The van der Waals surface area contributed by atoms with Crippen molar-refractivity contribution in [3.63, 3.8) is 0 Å². The maximum absolute atomic E-state index is 12.0. The van der Waals surface area contributed by atoms with Gasteiger partial charge in [0.05, 0.1) is 18.4 Å². The van der Waals surface area contributed by atoms with Gasteiger partial charge in [-0.25, -0.2) is 9.48 Å². The molecule has 8 nitrogen and oxygen atoms in total. The summed E-state index contributed by atoms with van der Waals surface area (Å²) >= 11 is 0. The summed E-state index contributed by atoms with van der Waals surface area (Å²) in [5.41, 5.74) is 2.15. The number of nitrogens with zero attached hydrogens (tertiary/aromatic N) is 2. The minimum atomic E-state index is -0.585. The van der Waals surface area contributed by atoms with E-state index in [1.165, 1.54) is 7.11 Å². The fourth-order valence-electron chi connectivity index (χ4n) is 2.21. The molecule has 0 fully saturated rings. The van der Waals surface area contributed by atoms with Crippen molar-refractivity contribution >= 4 is 17.8 Å². The van der Waals surface area contributed by atoms with Crippen LogP contribution in [0.4, 0.5) is 0 Å². The molecular weight excluding hydrogens is 338 g/mol. The van der Waals surface area contributed by atoms with Crippen molar-refractivity contribution in [3.05, 3.63) is 47.8 Å². The molecule has 1 aromatic heterocycles. The van der Waals surface area contributed by atoms with Crippen molar-refractivity contribution in [2.45, 2.75) is 19.8 Å². The van der Waals surface area contributed by atoms with Gasteiger partial charge in [0.1, 0.15) is 0 Å². The van der Waals surface area contributed by atoms with Gasteiger partial charge in [0.25, 0.3) is 5.91 Å². The van der Waals surface area contributed by atoms with Gasteiger partial charge in [-0.3, -0.25) is 9.59 Å². The zero-order chi connectivity index (χ0) is 18.9. The third kappa shape index (κ3) is 5.44. The largest absolute Gasteiger partial charge is 0.469 e. The minimum Gasteiger partial charge on any atom is -0.469 e. The number of hydrogen-bond donors (Lipinski definition) is 1. The molecule has 0 unspecified atom stereocenters. The number of hydrogen-bond acceptors (Lipinski definition) is 6. The van der Waals surface area contributed by atoms with E-state index in [0.29, 0.717) is 18.5 Å². The molecule has 0 aliphatic carbocycles. The van der Waals surface area contributed by atoms with Crippen LogP contribution in [0.15, 0.2) is 36.5 Å². The van der Waals surface area contributed by atoms with Crippen LogP contribution in [0.25, 0.3) is 5.69 Å². The summed E-state index contributed by atoms with van der Waals surface area (Å²) in [5, 5.41) is 6.76. The highest BCUT2D eigenvalue weighted by atomic mass is 16.5. The number of carbonyl (C=O) groups excluding carboxylic acids is 3. The zero-order valence-corrected chi connectivity index (χ0v) is 14.7. The third-order valence-corrected chi connectivity index (χ3v) is 3.62. The Kier molecular flexibility index (Phi) is 6.90. The number of methoxy groups -OCH3 is 1. The predicted octanol–water partition coefficient (Wildman–Crippen LogP) is 1.41. The molecular formula is C18H21N3O5. The molecule has 138 valence electrons. The van der Waals surface area contributed by atoms with Crippen molar-refractivity contribution in [2.75, 3.05) is 20.3 Å². The highest BCUT2D eigenvalue weighted by Crippen LogP contribution is 2.12. The quantitative estimate of drug-likeness (QED) is 0.565. The van der Waals surface area contributed by atoms with Crippen LogP contribution >= 0.6 is 0 Å². The van der Waals surface area contributed by atoms with Crippen molar-refractivity contribution in [3.8, 4) is 5.69 Å². The first-order valence-electron chi connectivity index (χ1n) is 8.13. The van der Waals surface area contributed by atoms with Gasteiger partial charge in [-0.05, 0) is 43.7 Å². The summed E-state index contributed by atoms with van der Waals surface area (Å²) in [5.74, 6) is -1.34. The van der Waals surface area contributed by atoms with Crippen LogP contribution in [0.3, 0.4) is 0 Å². The minimum absolute atomic E-state index is 0.221. The molecule has 1 heterocycles. The molecule has 26 heavy (non-hydrogen) atoms. The number of aryl methyl sites for hydroxylation is 1. The van der Waals surface area contributed by atoms with Crippen LogP contribution in [-0.2, 0) is 19.1 Å². The topological polar surface area (TPSA) is 99.5 Å². The number of carbonyl (C=O) groups is 3. The first-order valence-corrected chi connectivity index (χ1v) is 8.13. The Morgan fingerprint density at radius 2 is 1.88 bits per heavy atom. The fraction of sp³-hybridized carbons (Fsp3) is 0.333. The molecule has 0 spiro atoms. The summed E-state index contributed by atoms with van der Waals surface area (Å²) in [7, 11) is 1.31. The van der Waals surface area contributed by atoms with E-state index >= 15 is 0 Å². The Balaban J connectivity index is 1.76. The number of benzene rings is 1. The number of nitrogens with one attached hydrogen (secondary N) is 1. The van der Waals surface area contributed by atoms with E-state index in [0.717, 1.165) is 11.4 Å². The highest BCUT2D eigenvalue weighted by molar-refractivity contribution is 5.91. The lowest BCUT2D eigenvalue weighted by molar-refractivity contribution is -0.140. The van der Waals surface area contributed by atoms with Gasteiger partial charge in [-0.1, -0.05) is 0 Å². The number of amides is 1. The third-order valence-electron chi connectivity index (χ3n) is 3.62. The Hall–Kier alpha value is -3.16.